The van der Waals surface area contributed by atoms with Gasteiger partial charge in [0, 0.05) is 18.5 Å². The molecule has 8 nitrogen and oxygen atoms in total. The molecule has 150 valence electrons. The number of amides is 2. The van der Waals surface area contributed by atoms with Crippen molar-refractivity contribution in [3.05, 3.63) is 56.4 Å². The highest BCUT2D eigenvalue weighted by Gasteiger charge is 2.23. The summed E-state index contributed by atoms with van der Waals surface area (Å²) in [4.78, 5) is 43.1. The van der Waals surface area contributed by atoms with E-state index in [0.29, 0.717) is 45.1 Å². The van der Waals surface area contributed by atoms with E-state index >= 15 is 0 Å². The molecule has 2 amide bonds. The van der Waals surface area contributed by atoms with Crippen LogP contribution in [0.15, 0.2) is 29.1 Å². The zero-order chi connectivity index (χ0) is 20.5. The smallest absolute Gasteiger partial charge is 0.280 e. The van der Waals surface area contributed by atoms with Crippen LogP contribution in [0.4, 0.5) is 0 Å². The van der Waals surface area contributed by atoms with Crippen LogP contribution in [0, 0.1) is 6.92 Å². The molecule has 3 heterocycles. The number of carbonyl (C=O) groups is 2. The van der Waals surface area contributed by atoms with E-state index in [1.54, 1.807) is 35.8 Å². The number of thiophene rings is 1. The highest BCUT2D eigenvalue weighted by Crippen LogP contribution is 2.28. The maximum Gasteiger partial charge on any atom is 0.280 e. The first-order chi connectivity index (χ1) is 14.0. The molecule has 1 aliphatic rings. The highest BCUT2D eigenvalue weighted by molar-refractivity contribution is 7.20. The SMILES string of the molecule is CCOc1ccc(C(=O)NNC(=O)c2sc3nc4n(c(=O)c3c2C)CCC4)cc1. The Balaban J connectivity index is 1.51. The van der Waals surface area contributed by atoms with Crippen molar-refractivity contribution in [3.63, 3.8) is 0 Å². The molecule has 0 aliphatic carbocycles. The van der Waals surface area contributed by atoms with E-state index in [0.717, 1.165) is 30.0 Å². The van der Waals surface area contributed by atoms with Crippen LogP contribution in [0.3, 0.4) is 0 Å². The summed E-state index contributed by atoms with van der Waals surface area (Å²) in [6, 6.07) is 6.61. The Kier molecular flexibility index (Phi) is 5.06. The summed E-state index contributed by atoms with van der Waals surface area (Å²) in [7, 11) is 0. The number of nitrogens with zero attached hydrogens (tertiary/aromatic N) is 2. The number of hydrazine groups is 1. The highest BCUT2D eigenvalue weighted by atomic mass is 32.1. The number of ether oxygens (including phenoxy) is 1. The predicted octanol–water partition coefficient (Wildman–Crippen LogP) is 2.19. The minimum atomic E-state index is -0.477. The summed E-state index contributed by atoms with van der Waals surface area (Å²) < 4.78 is 7.02. The van der Waals surface area contributed by atoms with Gasteiger partial charge in [0.05, 0.1) is 16.9 Å². The lowest BCUT2D eigenvalue weighted by Crippen LogP contribution is -2.41. The first kappa shape index (κ1) is 19.1. The summed E-state index contributed by atoms with van der Waals surface area (Å²) in [5.74, 6) is 0.505. The van der Waals surface area contributed by atoms with Gasteiger partial charge in [-0.05, 0) is 50.1 Å². The average Bonchev–Trinajstić information content (AvgIpc) is 3.32. The fourth-order valence-electron chi connectivity index (χ4n) is 3.40. The van der Waals surface area contributed by atoms with E-state index in [1.807, 2.05) is 6.92 Å². The van der Waals surface area contributed by atoms with E-state index in [1.165, 1.54) is 0 Å². The van der Waals surface area contributed by atoms with Crippen molar-refractivity contribution in [1.29, 1.82) is 0 Å². The van der Waals surface area contributed by atoms with E-state index in [2.05, 4.69) is 15.8 Å². The van der Waals surface area contributed by atoms with Crippen molar-refractivity contribution in [2.45, 2.75) is 33.2 Å². The summed E-state index contributed by atoms with van der Waals surface area (Å²) in [5.41, 5.74) is 5.69. The lowest BCUT2D eigenvalue weighted by Gasteiger charge is -2.08. The summed E-state index contributed by atoms with van der Waals surface area (Å²) in [6.07, 6.45) is 1.67. The van der Waals surface area contributed by atoms with Gasteiger partial charge in [-0.2, -0.15) is 0 Å². The van der Waals surface area contributed by atoms with Crippen molar-refractivity contribution in [3.8, 4) is 5.75 Å². The van der Waals surface area contributed by atoms with Crippen LogP contribution in [0.2, 0.25) is 0 Å². The number of carbonyl (C=O) groups excluding carboxylic acids is 2. The number of aryl methyl sites for hydroxylation is 2. The molecule has 0 fully saturated rings. The van der Waals surface area contributed by atoms with Gasteiger partial charge in [-0.1, -0.05) is 0 Å². The molecule has 1 aliphatic heterocycles. The Labute approximate surface area is 170 Å². The molecule has 0 saturated carbocycles. The van der Waals surface area contributed by atoms with Crippen LogP contribution in [-0.2, 0) is 13.0 Å². The Bertz CT molecular complexity index is 1160. The average molecular weight is 412 g/mol. The molecule has 9 heteroatoms. The minimum absolute atomic E-state index is 0.103. The molecule has 1 aromatic carbocycles. The predicted molar refractivity (Wildman–Crippen MR) is 109 cm³/mol. The number of hydrogen-bond donors (Lipinski definition) is 2. The summed E-state index contributed by atoms with van der Waals surface area (Å²) >= 11 is 1.16. The van der Waals surface area contributed by atoms with Gasteiger partial charge in [-0.25, -0.2) is 4.98 Å². The maximum atomic E-state index is 12.7. The number of aromatic nitrogens is 2. The van der Waals surface area contributed by atoms with Crippen LogP contribution in [0.1, 0.15) is 44.8 Å². The zero-order valence-electron chi connectivity index (χ0n) is 16.1. The Morgan fingerprint density at radius 1 is 1.21 bits per heavy atom. The molecule has 3 aromatic rings. The molecule has 0 saturated heterocycles. The number of hydrogen-bond acceptors (Lipinski definition) is 6. The summed E-state index contributed by atoms with van der Waals surface area (Å²) in [5, 5.41) is 0.476. The first-order valence-corrected chi connectivity index (χ1v) is 10.2. The maximum absolute atomic E-state index is 12.7. The standard InChI is InChI=1S/C20H20N4O4S/c1-3-28-13-8-6-12(7-9-13)17(25)22-23-18(26)16-11(2)15-19(29-16)21-14-5-4-10-24(14)20(15)27/h6-9H,3-5,10H2,1-2H3,(H,22,25)(H,23,26). The van der Waals surface area contributed by atoms with Crippen LogP contribution >= 0.6 is 11.3 Å². The molecular formula is C20H20N4O4S. The van der Waals surface area contributed by atoms with Crippen LogP contribution in [0.5, 0.6) is 5.75 Å². The van der Waals surface area contributed by atoms with Crippen molar-refractivity contribution in [1.82, 2.24) is 20.4 Å². The fourth-order valence-corrected chi connectivity index (χ4v) is 4.49. The number of fused-ring (bicyclic) bond motifs is 2. The van der Waals surface area contributed by atoms with Gasteiger partial charge in [0.25, 0.3) is 17.4 Å². The number of rotatable bonds is 4. The summed E-state index contributed by atoms with van der Waals surface area (Å²) in [6.45, 7) is 4.81. The van der Waals surface area contributed by atoms with Crippen molar-refractivity contribution in [2.24, 2.45) is 0 Å². The topological polar surface area (TPSA) is 102 Å². The van der Waals surface area contributed by atoms with Crippen molar-refractivity contribution in [2.75, 3.05) is 6.61 Å². The number of benzene rings is 1. The Morgan fingerprint density at radius 2 is 1.93 bits per heavy atom. The van der Waals surface area contributed by atoms with Crippen molar-refractivity contribution < 1.29 is 14.3 Å². The van der Waals surface area contributed by atoms with Gasteiger partial charge >= 0.3 is 0 Å². The monoisotopic (exact) mass is 412 g/mol. The third-order valence-electron chi connectivity index (χ3n) is 4.83. The van der Waals surface area contributed by atoms with E-state index in [-0.39, 0.29) is 5.56 Å². The lowest BCUT2D eigenvalue weighted by molar-refractivity contribution is 0.0848. The van der Waals surface area contributed by atoms with Crippen LogP contribution in [-0.4, -0.2) is 28.0 Å². The molecule has 2 N–H and O–H groups in total. The van der Waals surface area contributed by atoms with E-state index in [4.69, 9.17) is 4.74 Å². The second kappa shape index (κ2) is 7.67. The minimum Gasteiger partial charge on any atom is -0.494 e. The Hall–Kier alpha value is -3.20. The van der Waals surface area contributed by atoms with E-state index in [9.17, 15) is 14.4 Å². The van der Waals surface area contributed by atoms with Crippen LogP contribution < -0.4 is 21.1 Å². The third kappa shape index (κ3) is 3.49. The normalized spacial score (nSPS) is 12.6. The third-order valence-corrected chi connectivity index (χ3v) is 6.02. The first-order valence-electron chi connectivity index (χ1n) is 9.36. The molecule has 0 spiro atoms. The molecular weight excluding hydrogens is 392 g/mol. The molecule has 0 unspecified atom stereocenters. The van der Waals surface area contributed by atoms with Gasteiger partial charge in [0.1, 0.15) is 16.4 Å². The van der Waals surface area contributed by atoms with Gasteiger partial charge in [0.15, 0.2) is 0 Å². The molecule has 0 atom stereocenters. The Morgan fingerprint density at radius 3 is 2.66 bits per heavy atom. The van der Waals surface area contributed by atoms with Gasteiger partial charge in [-0.3, -0.25) is 29.8 Å². The molecule has 29 heavy (non-hydrogen) atoms. The van der Waals surface area contributed by atoms with Gasteiger partial charge in [0.2, 0.25) is 0 Å². The second-order valence-electron chi connectivity index (χ2n) is 6.69. The van der Waals surface area contributed by atoms with Crippen LogP contribution in [0.25, 0.3) is 10.2 Å². The number of nitrogens with one attached hydrogen (secondary N) is 2. The van der Waals surface area contributed by atoms with Crippen molar-refractivity contribution >= 4 is 33.4 Å². The molecule has 2 aromatic heterocycles. The molecule has 4 rings (SSSR count). The molecule has 0 radical (unpaired) electrons. The molecule has 0 bridgehead atoms. The second-order valence-corrected chi connectivity index (χ2v) is 7.69. The quantitative estimate of drug-likeness (QED) is 0.640. The lowest BCUT2D eigenvalue weighted by atomic mass is 10.2. The van der Waals surface area contributed by atoms with Gasteiger partial charge < -0.3 is 4.74 Å². The van der Waals surface area contributed by atoms with E-state index < -0.39 is 11.8 Å². The largest absolute Gasteiger partial charge is 0.494 e. The van der Waals surface area contributed by atoms with Gasteiger partial charge in [-0.15, -0.1) is 11.3 Å². The zero-order valence-corrected chi connectivity index (χ0v) is 16.9. The fraction of sp³-hybridized carbons (Fsp3) is 0.300.